The molecule has 0 heterocycles. The van der Waals surface area contributed by atoms with Crippen LogP contribution in [0.5, 0.6) is 0 Å². The van der Waals surface area contributed by atoms with E-state index in [-0.39, 0.29) is 0 Å². The first-order valence-electron chi connectivity index (χ1n) is 6.95. The zero-order valence-corrected chi connectivity index (χ0v) is 11.2. The minimum absolute atomic E-state index is 0.456. The highest BCUT2D eigenvalue weighted by molar-refractivity contribution is 5.74. The fourth-order valence-corrected chi connectivity index (χ4v) is 2.87. The van der Waals surface area contributed by atoms with Crippen molar-refractivity contribution in [1.82, 2.24) is 0 Å². The molecule has 0 aromatic carbocycles. The van der Waals surface area contributed by atoms with Gasteiger partial charge in [0.2, 0.25) is 0 Å². The topological polar surface area (TPSA) is 46.5 Å². The van der Waals surface area contributed by atoms with Gasteiger partial charge in [0.05, 0.1) is 5.41 Å². The molecule has 17 heavy (non-hydrogen) atoms. The first-order valence-corrected chi connectivity index (χ1v) is 6.95. The largest absolute Gasteiger partial charge is 0.481 e. The average molecular weight is 242 g/mol. The maximum atomic E-state index is 11.5. The van der Waals surface area contributed by atoms with E-state index in [9.17, 15) is 9.90 Å². The van der Waals surface area contributed by atoms with Crippen LogP contribution < -0.4 is 0 Å². The Morgan fingerprint density at radius 1 is 1.35 bits per heavy atom. The van der Waals surface area contributed by atoms with Crippen molar-refractivity contribution < 1.29 is 14.6 Å². The Morgan fingerprint density at radius 2 is 2.00 bits per heavy atom. The fraction of sp³-hybridized carbons (Fsp3) is 0.929. The van der Waals surface area contributed by atoms with E-state index >= 15 is 0 Å². The number of carboxylic acid groups (broad SMARTS) is 1. The van der Waals surface area contributed by atoms with Crippen LogP contribution in [0.25, 0.3) is 0 Å². The summed E-state index contributed by atoms with van der Waals surface area (Å²) in [4.78, 5) is 11.5. The highest BCUT2D eigenvalue weighted by atomic mass is 16.5. The van der Waals surface area contributed by atoms with Crippen molar-refractivity contribution in [1.29, 1.82) is 0 Å². The molecule has 0 unspecified atom stereocenters. The van der Waals surface area contributed by atoms with Crippen LogP contribution in [-0.4, -0.2) is 24.3 Å². The van der Waals surface area contributed by atoms with Gasteiger partial charge in [-0.3, -0.25) is 4.79 Å². The van der Waals surface area contributed by atoms with Crippen LogP contribution in [0.2, 0.25) is 0 Å². The third-order valence-corrected chi connectivity index (χ3v) is 4.24. The van der Waals surface area contributed by atoms with Gasteiger partial charge in [-0.2, -0.15) is 0 Å². The highest BCUT2D eigenvalue weighted by Gasteiger charge is 2.40. The summed E-state index contributed by atoms with van der Waals surface area (Å²) in [5, 5.41) is 9.46. The molecule has 0 amide bonds. The van der Waals surface area contributed by atoms with Gasteiger partial charge in [-0.15, -0.1) is 0 Å². The minimum atomic E-state index is -0.594. The lowest BCUT2D eigenvalue weighted by atomic mass is 9.67. The molecule has 3 nitrogen and oxygen atoms in total. The van der Waals surface area contributed by atoms with Gasteiger partial charge in [-0.05, 0) is 51.4 Å². The summed E-state index contributed by atoms with van der Waals surface area (Å²) in [6.45, 7) is 5.59. The van der Waals surface area contributed by atoms with Gasteiger partial charge >= 0.3 is 5.97 Å². The number of carboxylic acids is 1. The van der Waals surface area contributed by atoms with E-state index in [1.54, 1.807) is 0 Å². The van der Waals surface area contributed by atoms with Crippen molar-refractivity contribution >= 4 is 5.97 Å². The minimum Gasteiger partial charge on any atom is -0.481 e. The molecule has 1 rings (SSSR count). The van der Waals surface area contributed by atoms with Gasteiger partial charge in [-0.25, -0.2) is 0 Å². The van der Waals surface area contributed by atoms with Crippen LogP contribution in [0, 0.1) is 11.3 Å². The Balaban J connectivity index is 2.44. The zero-order valence-electron chi connectivity index (χ0n) is 11.2. The Bertz CT molecular complexity index is 230. The predicted octanol–water partition coefficient (Wildman–Crippen LogP) is 3.47. The maximum absolute atomic E-state index is 11.5. The number of hydrogen-bond acceptors (Lipinski definition) is 2. The van der Waals surface area contributed by atoms with Crippen LogP contribution >= 0.6 is 0 Å². The first-order chi connectivity index (χ1) is 8.14. The summed E-state index contributed by atoms with van der Waals surface area (Å²) in [6.07, 6.45) is 6.71. The summed E-state index contributed by atoms with van der Waals surface area (Å²) in [5.41, 5.74) is -0.456. The molecule has 3 heteroatoms. The van der Waals surface area contributed by atoms with E-state index < -0.39 is 11.4 Å². The number of rotatable bonds is 7. The summed E-state index contributed by atoms with van der Waals surface area (Å²) < 4.78 is 5.30. The lowest BCUT2D eigenvalue weighted by Gasteiger charge is -2.36. The molecule has 1 N–H and O–H groups in total. The summed E-state index contributed by atoms with van der Waals surface area (Å²) in [7, 11) is 0. The van der Waals surface area contributed by atoms with Gasteiger partial charge in [-0.1, -0.05) is 13.3 Å². The lowest BCUT2D eigenvalue weighted by Crippen LogP contribution is -2.35. The SMILES string of the molecule is CCOCCCC1(C(=O)O)CCC(CC)CC1. The van der Waals surface area contributed by atoms with Crippen LogP contribution in [0.3, 0.4) is 0 Å². The first kappa shape index (κ1) is 14.5. The van der Waals surface area contributed by atoms with Gasteiger partial charge < -0.3 is 9.84 Å². The summed E-state index contributed by atoms with van der Waals surface area (Å²) in [6, 6.07) is 0. The normalized spacial score (nSPS) is 29.2. The Kier molecular flexibility index (Phi) is 5.96. The molecule has 0 aromatic heterocycles. The van der Waals surface area contributed by atoms with Crippen LogP contribution in [0.1, 0.15) is 58.8 Å². The van der Waals surface area contributed by atoms with E-state index in [1.807, 2.05) is 6.92 Å². The second-order valence-corrected chi connectivity index (χ2v) is 5.24. The fourth-order valence-electron chi connectivity index (χ4n) is 2.87. The maximum Gasteiger partial charge on any atom is 0.309 e. The van der Waals surface area contributed by atoms with Crippen molar-refractivity contribution in [2.24, 2.45) is 11.3 Å². The number of hydrogen-bond donors (Lipinski definition) is 1. The van der Waals surface area contributed by atoms with Crippen molar-refractivity contribution in [3.8, 4) is 0 Å². The second kappa shape index (κ2) is 7.00. The quantitative estimate of drug-likeness (QED) is 0.695. The molecule has 0 bridgehead atoms. The van der Waals surface area contributed by atoms with Gasteiger partial charge in [0.1, 0.15) is 0 Å². The molecule has 1 aliphatic carbocycles. The number of carbonyl (C=O) groups is 1. The van der Waals surface area contributed by atoms with E-state index in [4.69, 9.17) is 4.74 Å². The molecule has 0 aromatic rings. The van der Waals surface area contributed by atoms with Crippen LogP contribution in [0.4, 0.5) is 0 Å². The van der Waals surface area contributed by atoms with E-state index in [1.165, 1.54) is 6.42 Å². The third kappa shape index (κ3) is 3.98. The Labute approximate surface area is 105 Å². The molecule has 1 saturated carbocycles. The molecular formula is C14H26O3. The van der Waals surface area contributed by atoms with Crippen molar-refractivity contribution in [3.05, 3.63) is 0 Å². The smallest absolute Gasteiger partial charge is 0.309 e. The monoisotopic (exact) mass is 242 g/mol. The molecule has 1 aliphatic rings. The molecule has 0 aliphatic heterocycles. The van der Waals surface area contributed by atoms with Gasteiger partial charge in [0.15, 0.2) is 0 Å². The Morgan fingerprint density at radius 3 is 2.47 bits per heavy atom. The van der Waals surface area contributed by atoms with Crippen molar-refractivity contribution in [2.45, 2.75) is 58.8 Å². The molecule has 0 saturated heterocycles. The van der Waals surface area contributed by atoms with Gasteiger partial charge in [0.25, 0.3) is 0 Å². The van der Waals surface area contributed by atoms with Crippen LogP contribution in [-0.2, 0) is 9.53 Å². The number of ether oxygens (including phenoxy) is 1. The van der Waals surface area contributed by atoms with E-state index in [2.05, 4.69) is 6.92 Å². The molecular weight excluding hydrogens is 216 g/mol. The van der Waals surface area contributed by atoms with E-state index in [0.29, 0.717) is 6.61 Å². The predicted molar refractivity (Wildman–Crippen MR) is 68.0 cm³/mol. The van der Waals surface area contributed by atoms with Crippen molar-refractivity contribution in [3.63, 3.8) is 0 Å². The standard InChI is InChI=1S/C14H26O3/c1-3-12-6-9-14(10-7-12,13(15)16)8-5-11-17-4-2/h12H,3-11H2,1-2H3,(H,15,16). The van der Waals surface area contributed by atoms with Crippen LogP contribution in [0.15, 0.2) is 0 Å². The molecule has 1 fully saturated rings. The van der Waals surface area contributed by atoms with Crippen molar-refractivity contribution in [2.75, 3.05) is 13.2 Å². The lowest BCUT2D eigenvalue weighted by molar-refractivity contribution is -0.152. The van der Waals surface area contributed by atoms with E-state index in [0.717, 1.165) is 51.0 Å². The summed E-state index contributed by atoms with van der Waals surface area (Å²) >= 11 is 0. The van der Waals surface area contributed by atoms with Gasteiger partial charge in [0, 0.05) is 13.2 Å². The highest BCUT2D eigenvalue weighted by Crippen LogP contribution is 2.43. The third-order valence-electron chi connectivity index (χ3n) is 4.24. The average Bonchev–Trinajstić information content (AvgIpc) is 2.35. The molecule has 0 radical (unpaired) electrons. The second-order valence-electron chi connectivity index (χ2n) is 5.24. The zero-order chi connectivity index (χ0) is 12.7. The molecule has 0 atom stereocenters. The summed E-state index contributed by atoms with van der Waals surface area (Å²) in [5.74, 6) is 0.151. The molecule has 0 spiro atoms. The molecule has 100 valence electrons. The Hall–Kier alpha value is -0.570. The number of aliphatic carboxylic acids is 1.